The fourth-order valence-corrected chi connectivity index (χ4v) is 3.28. The van der Waals surface area contributed by atoms with Crippen LogP contribution in [0.25, 0.3) is 28.3 Å². The number of fused-ring (bicyclic) bond motifs is 1. The number of amides is 1. The molecule has 148 valence electrons. The Balaban J connectivity index is 1.87. The molecule has 6 nitrogen and oxygen atoms in total. The second-order valence-electron chi connectivity index (χ2n) is 8.41. The standard InChI is InChI=1S/C23H25N5O/c1-23(2,3)18-13-11-17(12-14-18)21-25-28-20(27(21)22(29)26(4)5)15-19(24-28)16-9-7-6-8-10-16/h6-15H,1-5H3. The quantitative estimate of drug-likeness (QED) is 0.501. The molecule has 0 bridgehead atoms. The molecule has 4 rings (SSSR count). The lowest BCUT2D eigenvalue weighted by Crippen LogP contribution is -2.27. The Morgan fingerprint density at radius 2 is 1.55 bits per heavy atom. The summed E-state index contributed by atoms with van der Waals surface area (Å²) in [7, 11) is 3.47. The molecule has 0 N–H and O–H groups in total. The van der Waals surface area contributed by atoms with Crippen LogP contribution in [0.15, 0.2) is 60.7 Å². The zero-order chi connectivity index (χ0) is 20.8. The molecule has 0 aliphatic heterocycles. The van der Waals surface area contributed by atoms with Crippen LogP contribution in [0, 0.1) is 0 Å². The molecule has 6 heteroatoms. The number of aromatic nitrogens is 4. The average molecular weight is 387 g/mol. The molecule has 2 aromatic carbocycles. The van der Waals surface area contributed by atoms with Crippen LogP contribution in [0.2, 0.25) is 0 Å². The number of benzene rings is 2. The fourth-order valence-electron chi connectivity index (χ4n) is 3.28. The first-order valence-electron chi connectivity index (χ1n) is 9.62. The second kappa shape index (κ2) is 6.88. The van der Waals surface area contributed by atoms with Crippen molar-refractivity contribution in [2.75, 3.05) is 14.1 Å². The zero-order valence-electron chi connectivity index (χ0n) is 17.4. The van der Waals surface area contributed by atoms with E-state index in [9.17, 15) is 4.79 Å². The van der Waals surface area contributed by atoms with E-state index in [1.165, 1.54) is 10.2 Å². The van der Waals surface area contributed by atoms with Crippen LogP contribution in [0.3, 0.4) is 0 Å². The molecular weight excluding hydrogens is 362 g/mol. The second-order valence-corrected chi connectivity index (χ2v) is 8.41. The van der Waals surface area contributed by atoms with Crippen molar-refractivity contribution in [1.29, 1.82) is 0 Å². The van der Waals surface area contributed by atoms with E-state index in [4.69, 9.17) is 0 Å². The summed E-state index contributed by atoms with van der Waals surface area (Å²) in [5.74, 6) is 0.575. The zero-order valence-corrected chi connectivity index (χ0v) is 17.4. The third-order valence-electron chi connectivity index (χ3n) is 4.96. The first-order chi connectivity index (χ1) is 13.8. The molecule has 0 saturated heterocycles. The Morgan fingerprint density at radius 3 is 2.14 bits per heavy atom. The number of nitrogens with zero attached hydrogens (tertiary/aromatic N) is 5. The number of carbonyl (C=O) groups is 1. The molecule has 1 amide bonds. The highest BCUT2D eigenvalue weighted by molar-refractivity contribution is 5.86. The summed E-state index contributed by atoms with van der Waals surface area (Å²) in [5.41, 5.74) is 4.57. The molecule has 0 atom stereocenters. The van der Waals surface area contributed by atoms with Crippen molar-refractivity contribution in [2.45, 2.75) is 26.2 Å². The normalized spacial score (nSPS) is 11.8. The lowest BCUT2D eigenvalue weighted by Gasteiger charge is -2.19. The first-order valence-corrected chi connectivity index (χ1v) is 9.62. The predicted molar refractivity (Wildman–Crippen MR) is 115 cm³/mol. The monoisotopic (exact) mass is 387 g/mol. The summed E-state index contributed by atoms with van der Waals surface area (Å²) < 4.78 is 3.16. The van der Waals surface area contributed by atoms with Gasteiger partial charge in [0.1, 0.15) is 0 Å². The highest BCUT2D eigenvalue weighted by Crippen LogP contribution is 2.28. The Morgan fingerprint density at radius 1 is 0.897 bits per heavy atom. The van der Waals surface area contributed by atoms with Gasteiger partial charge < -0.3 is 4.90 Å². The average Bonchev–Trinajstić information content (AvgIpc) is 3.25. The van der Waals surface area contributed by atoms with Crippen molar-refractivity contribution in [2.24, 2.45) is 0 Å². The Labute approximate surface area is 170 Å². The van der Waals surface area contributed by atoms with Crippen molar-refractivity contribution >= 4 is 11.7 Å². The Hall–Kier alpha value is -3.41. The van der Waals surface area contributed by atoms with Crippen molar-refractivity contribution < 1.29 is 4.79 Å². The van der Waals surface area contributed by atoms with Crippen LogP contribution >= 0.6 is 0 Å². The van der Waals surface area contributed by atoms with E-state index in [0.717, 1.165) is 16.8 Å². The van der Waals surface area contributed by atoms with Gasteiger partial charge in [0.25, 0.3) is 0 Å². The van der Waals surface area contributed by atoms with Crippen molar-refractivity contribution in [3.8, 4) is 22.6 Å². The van der Waals surface area contributed by atoms with E-state index >= 15 is 0 Å². The summed E-state index contributed by atoms with van der Waals surface area (Å²) in [4.78, 5) is 14.5. The van der Waals surface area contributed by atoms with Gasteiger partial charge in [0, 0.05) is 31.3 Å². The highest BCUT2D eigenvalue weighted by Gasteiger charge is 2.23. The third-order valence-corrected chi connectivity index (χ3v) is 4.96. The summed E-state index contributed by atoms with van der Waals surface area (Å²) in [6.45, 7) is 6.53. The predicted octanol–water partition coefficient (Wildman–Crippen LogP) is 4.69. The number of hydrogen-bond acceptors (Lipinski definition) is 3. The maximum absolute atomic E-state index is 13.0. The minimum Gasteiger partial charge on any atom is -0.330 e. The summed E-state index contributed by atoms with van der Waals surface area (Å²) in [5, 5.41) is 9.25. The maximum atomic E-state index is 13.0. The van der Waals surface area contributed by atoms with Crippen LogP contribution in [0.5, 0.6) is 0 Å². The Bertz CT molecular complexity index is 1160. The van der Waals surface area contributed by atoms with E-state index in [1.807, 2.05) is 48.5 Å². The first kappa shape index (κ1) is 18.9. The minimum atomic E-state index is -0.165. The van der Waals surface area contributed by atoms with Gasteiger partial charge in [-0.3, -0.25) is 0 Å². The summed E-state index contributed by atoms with van der Waals surface area (Å²) in [6, 6.07) is 19.8. The molecule has 2 heterocycles. The van der Waals surface area contributed by atoms with Crippen molar-refractivity contribution in [3.63, 3.8) is 0 Å². The van der Waals surface area contributed by atoms with E-state index in [-0.39, 0.29) is 11.4 Å². The fraction of sp³-hybridized carbons (Fsp3) is 0.261. The molecule has 4 aromatic rings. The van der Waals surface area contributed by atoms with E-state index in [2.05, 4.69) is 43.1 Å². The molecular formula is C23H25N5O. The van der Waals surface area contributed by atoms with Crippen LogP contribution < -0.4 is 0 Å². The number of hydrogen-bond donors (Lipinski definition) is 0. The maximum Gasteiger partial charge on any atom is 0.331 e. The number of rotatable bonds is 2. The molecule has 0 unspecified atom stereocenters. The molecule has 0 aliphatic rings. The highest BCUT2D eigenvalue weighted by atomic mass is 16.2. The molecule has 0 aliphatic carbocycles. The molecule has 0 radical (unpaired) electrons. The lowest BCUT2D eigenvalue weighted by atomic mass is 9.87. The molecule has 0 fully saturated rings. The van der Waals surface area contributed by atoms with Crippen LogP contribution in [0.4, 0.5) is 4.79 Å². The third kappa shape index (κ3) is 3.42. The van der Waals surface area contributed by atoms with E-state index in [1.54, 1.807) is 23.6 Å². The largest absolute Gasteiger partial charge is 0.331 e. The minimum absolute atomic E-state index is 0.0621. The van der Waals surface area contributed by atoms with Crippen LogP contribution in [-0.2, 0) is 5.41 Å². The van der Waals surface area contributed by atoms with Gasteiger partial charge >= 0.3 is 6.03 Å². The van der Waals surface area contributed by atoms with Crippen molar-refractivity contribution in [1.82, 2.24) is 24.3 Å². The van der Waals surface area contributed by atoms with Gasteiger partial charge in [-0.1, -0.05) is 75.4 Å². The van der Waals surface area contributed by atoms with E-state index < -0.39 is 0 Å². The number of carbonyl (C=O) groups excluding carboxylic acids is 1. The van der Waals surface area contributed by atoms with Crippen LogP contribution in [-0.4, -0.2) is 44.4 Å². The van der Waals surface area contributed by atoms with Gasteiger partial charge in [-0.05, 0) is 11.0 Å². The van der Waals surface area contributed by atoms with Gasteiger partial charge in [-0.25, -0.2) is 9.36 Å². The smallest absolute Gasteiger partial charge is 0.330 e. The molecule has 0 saturated carbocycles. The van der Waals surface area contributed by atoms with Gasteiger partial charge in [-0.15, -0.1) is 14.8 Å². The Kier molecular flexibility index (Phi) is 4.49. The molecule has 2 aromatic heterocycles. The van der Waals surface area contributed by atoms with Crippen molar-refractivity contribution in [3.05, 3.63) is 66.2 Å². The topological polar surface area (TPSA) is 55.4 Å². The van der Waals surface area contributed by atoms with Gasteiger partial charge in [0.05, 0.1) is 5.69 Å². The van der Waals surface area contributed by atoms with Gasteiger partial charge in [0.2, 0.25) is 0 Å². The molecule has 29 heavy (non-hydrogen) atoms. The summed E-state index contributed by atoms with van der Waals surface area (Å²) in [6.07, 6.45) is 0. The molecule has 0 spiro atoms. The van der Waals surface area contributed by atoms with Crippen LogP contribution in [0.1, 0.15) is 26.3 Å². The van der Waals surface area contributed by atoms with Gasteiger partial charge in [-0.2, -0.15) is 0 Å². The van der Waals surface area contributed by atoms with E-state index in [0.29, 0.717) is 11.5 Å². The van der Waals surface area contributed by atoms with Gasteiger partial charge in [0.15, 0.2) is 11.5 Å². The summed E-state index contributed by atoms with van der Waals surface area (Å²) >= 11 is 0. The lowest BCUT2D eigenvalue weighted by molar-refractivity contribution is 0.220. The SMILES string of the molecule is CN(C)C(=O)n1c(-c2ccc(C(C)(C)C)cc2)nn2nc(-c3ccccc3)cc12.